The molecule has 0 fully saturated rings. The Bertz CT molecular complexity index is 1430. The highest BCUT2D eigenvalue weighted by Gasteiger charge is 2.30. The Hall–Kier alpha value is -2.91. The monoisotopic (exact) mass is 457 g/mol. The van der Waals surface area contributed by atoms with Crippen LogP contribution in [0.5, 0.6) is 0 Å². The van der Waals surface area contributed by atoms with E-state index in [4.69, 9.17) is 0 Å². The molecule has 2 aromatic heterocycles. The molecule has 0 N–H and O–H groups in total. The van der Waals surface area contributed by atoms with Crippen molar-refractivity contribution in [3.8, 4) is 11.1 Å². The minimum atomic E-state index is -3.84. The molecule has 0 saturated heterocycles. The van der Waals surface area contributed by atoms with Crippen LogP contribution in [0.3, 0.4) is 0 Å². The van der Waals surface area contributed by atoms with Crippen molar-refractivity contribution in [2.45, 2.75) is 9.79 Å². The largest absolute Gasteiger partial charge is 0.351 e. The number of fused-ring (bicyclic) bond motifs is 2. The van der Waals surface area contributed by atoms with E-state index in [1.807, 2.05) is 23.9 Å². The van der Waals surface area contributed by atoms with Crippen LogP contribution in [0.4, 0.5) is 14.5 Å². The number of benzene rings is 2. The fourth-order valence-corrected chi connectivity index (χ4v) is 6.46. The maximum Gasteiger partial charge on any atom is 0.264 e. The zero-order valence-corrected chi connectivity index (χ0v) is 18.1. The van der Waals surface area contributed by atoms with Crippen molar-refractivity contribution < 1.29 is 17.2 Å². The highest BCUT2D eigenvalue weighted by molar-refractivity contribution is 8.00. The molecule has 0 aliphatic carbocycles. The Morgan fingerprint density at radius 2 is 1.90 bits per heavy atom. The zero-order chi connectivity index (χ0) is 21.8. The summed E-state index contributed by atoms with van der Waals surface area (Å²) in [5, 5.41) is 0.832. The predicted molar refractivity (Wildman–Crippen MR) is 118 cm³/mol. The number of rotatable bonds is 3. The van der Waals surface area contributed by atoms with Gasteiger partial charge in [0.1, 0.15) is 0 Å². The topological polar surface area (TPSA) is 55.2 Å². The summed E-state index contributed by atoms with van der Waals surface area (Å²) in [5.41, 5.74) is 1.82. The first-order chi connectivity index (χ1) is 14.9. The number of hydrogen-bond donors (Lipinski definition) is 0. The molecule has 0 saturated carbocycles. The summed E-state index contributed by atoms with van der Waals surface area (Å²) < 4.78 is 58.3. The third-order valence-electron chi connectivity index (χ3n) is 5.38. The molecule has 0 radical (unpaired) electrons. The number of hydrogen-bond acceptors (Lipinski definition) is 4. The summed E-state index contributed by atoms with van der Waals surface area (Å²) in [5.74, 6) is -1.66. The number of pyridine rings is 1. The van der Waals surface area contributed by atoms with Gasteiger partial charge in [-0.25, -0.2) is 17.8 Å². The summed E-state index contributed by atoms with van der Waals surface area (Å²) in [6, 6.07) is 13.3. The van der Waals surface area contributed by atoms with Gasteiger partial charge in [-0.1, -0.05) is 6.07 Å². The molecule has 0 amide bonds. The molecule has 2 aromatic carbocycles. The van der Waals surface area contributed by atoms with Gasteiger partial charge in [-0.15, -0.1) is 11.8 Å². The average molecular weight is 458 g/mol. The number of anilines is 1. The number of sulfonamides is 1. The van der Waals surface area contributed by atoms with E-state index in [1.54, 1.807) is 36.4 Å². The van der Waals surface area contributed by atoms with Gasteiger partial charge < -0.3 is 4.57 Å². The van der Waals surface area contributed by atoms with Gasteiger partial charge in [0, 0.05) is 53.1 Å². The van der Waals surface area contributed by atoms with Crippen LogP contribution in [-0.2, 0) is 17.1 Å². The lowest BCUT2D eigenvalue weighted by Gasteiger charge is -2.30. The van der Waals surface area contributed by atoms with E-state index < -0.39 is 21.8 Å². The van der Waals surface area contributed by atoms with Gasteiger partial charge in [0.15, 0.2) is 5.82 Å². The Morgan fingerprint density at radius 3 is 2.74 bits per heavy atom. The van der Waals surface area contributed by atoms with Gasteiger partial charge in [-0.05, 0) is 48.0 Å². The van der Waals surface area contributed by atoms with Crippen LogP contribution >= 0.6 is 11.8 Å². The molecule has 0 spiro atoms. The molecule has 0 atom stereocenters. The van der Waals surface area contributed by atoms with Crippen molar-refractivity contribution in [2.75, 3.05) is 16.6 Å². The maximum atomic E-state index is 14.3. The van der Waals surface area contributed by atoms with E-state index in [0.717, 1.165) is 15.8 Å². The molecule has 9 heteroatoms. The van der Waals surface area contributed by atoms with Crippen molar-refractivity contribution in [1.29, 1.82) is 0 Å². The van der Waals surface area contributed by atoms with Gasteiger partial charge in [0.2, 0.25) is 5.95 Å². The van der Waals surface area contributed by atoms with Crippen LogP contribution in [0.25, 0.3) is 22.0 Å². The van der Waals surface area contributed by atoms with Crippen molar-refractivity contribution >= 4 is 38.4 Å². The van der Waals surface area contributed by atoms with Crippen molar-refractivity contribution in [2.24, 2.45) is 7.05 Å². The number of thioether (sulfide) groups is 1. The summed E-state index contributed by atoms with van der Waals surface area (Å²) in [4.78, 5) is 4.28. The predicted octanol–water partition coefficient (Wildman–Crippen LogP) is 4.82. The molecule has 158 valence electrons. The van der Waals surface area contributed by atoms with Crippen LogP contribution < -0.4 is 4.31 Å². The molecule has 3 heterocycles. The Kier molecular flexibility index (Phi) is 4.75. The van der Waals surface area contributed by atoms with Crippen LogP contribution in [0, 0.1) is 11.8 Å². The smallest absolute Gasteiger partial charge is 0.264 e. The molecule has 31 heavy (non-hydrogen) atoms. The molecule has 1 aliphatic heterocycles. The second-order valence-corrected chi connectivity index (χ2v) is 10.2. The van der Waals surface area contributed by atoms with Crippen LogP contribution in [-0.4, -0.2) is 30.3 Å². The number of nitrogens with zero attached hydrogens (tertiary/aromatic N) is 3. The first-order valence-corrected chi connectivity index (χ1v) is 11.9. The quantitative estimate of drug-likeness (QED) is 0.414. The van der Waals surface area contributed by atoms with E-state index in [1.165, 1.54) is 28.3 Å². The van der Waals surface area contributed by atoms with Crippen molar-refractivity contribution in [1.82, 2.24) is 9.55 Å². The van der Waals surface area contributed by atoms with Gasteiger partial charge in [0.05, 0.1) is 10.6 Å². The Balaban J connectivity index is 1.62. The minimum Gasteiger partial charge on any atom is -0.351 e. The number of aromatic nitrogens is 2. The second kappa shape index (κ2) is 7.35. The number of aryl methyl sites for hydroxylation is 1. The summed E-state index contributed by atoms with van der Waals surface area (Å²) in [6.07, 6.45) is 3.06. The Morgan fingerprint density at radius 1 is 1.06 bits per heavy atom. The molecule has 5 rings (SSSR count). The SMILES string of the molecule is Cn1ccc2cc(S(=O)(=O)N3CCSc4ccc(-c5ccnc(F)c5F)cc43)ccc21. The van der Waals surface area contributed by atoms with Crippen LogP contribution in [0.2, 0.25) is 0 Å². The second-order valence-electron chi connectivity index (χ2n) is 7.22. The van der Waals surface area contributed by atoms with E-state index in [0.29, 0.717) is 17.0 Å². The molecule has 0 unspecified atom stereocenters. The number of halogens is 2. The highest BCUT2D eigenvalue weighted by Crippen LogP contribution is 2.41. The molecule has 1 aliphatic rings. The lowest BCUT2D eigenvalue weighted by molar-refractivity contribution is 0.482. The minimum absolute atomic E-state index is 0.0360. The fraction of sp³-hybridized carbons (Fsp3) is 0.136. The van der Waals surface area contributed by atoms with Crippen molar-refractivity contribution in [3.63, 3.8) is 0 Å². The van der Waals surface area contributed by atoms with E-state index in [2.05, 4.69) is 4.98 Å². The Labute approximate surface area is 182 Å². The molecule has 4 aromatic rings. The van der Waals surface area contributed by atoms with Gasteiger partial charge in [-0.2, -0.15) is 4.39 Å². The zero-order valence-electron chi connectivity index (χ0n) is 16.4. The van der Waals surface area contributed by atoms with Crippen molar-refractivity contribution in [3.05, 3.63) is 72.7 Å². The fourth-order valence-electron chi connectivity index (χ4n) is 3.80. The van der Waals surface area contributed by atoms with E-state index in [9.17, 15) is 17.2 Å². The molecule has 0 bridgehead atoms. The normalized spacial score (nSPS) is 14.1. The summed E-state index contributed by atoms with van der Waals surface area (Å²) >= 11 is 1.53. The van der Waals surface area contributed by atoms with Crippen LogP contribution in [0.1, 0.15) is 0 Å². The standard InChI is InChI=1S/C22H17F2N3O2S2/c1-26-9-7-15-12-16(3-4-18(15)26)31(28,29)27-10-11-30-20-5-2-14(13-19(20)27)17-6-8-25-22(24)21(17)23/h2-9,12-13H,10-11H2,1H3. The van der Waals surface area contributed by atoms with E-state index >= 15 is 0 Å². The summed E-state index contributed by atoms with van der Waals surface area (Å²) in [7, 11) is -1.94. The highest BCUT2D eigenvalue weighted by atomic mass is 32.2. The van der Waals surface area contributed by atoms with E-state index in [-0.39, 0.29) is 17.0 Å². The molecule has 5 nitrogen and oxygen atoms in total. The summed E-state index contributed by atoms with van der Waals surface area (Å²) in [6.45, 7) is 0.281. The van der Waals surface area contributed by atoms with Gasteiger partial charge in [-0.3, -0.25) is 4.31 Å². The van der Waals surface area contributed by atoms with Gasteiger partial charge in [0.25, 0.3) is 10.0 Å². The lowest BCUT2D eigenvalue weighted by atomic mass is 10.1. The average Bonchev–Trinajstić information content (AvgIpc) is 3.15. The third-order valence-corrected chi connectivity index (χ3v) is 8.23. The lowest BCUT2D eigenvalue weighted by Crippen LogP contribution is -2.35. The first kappa shape index (κ1) is 20.0. The maximum absolute atomic E-state index is 14.3. The van der Waals surface area contributed by atoms with Crippen LogP contribution in [0.15, 0.2) is 70.7 Å². The third kappa shape index (κ3) is 3.28. The molecular weight excluding hydrogens is 440 g/mol. The van der Waals surface area contributed by atoms with Gasteiger partial charge >= 0.3 is 0 Å². The first-order valence-electron chi connectivity index (χ1n) is 9.51. The molecular formula is C22H17F2N3O2S2.